The molecule has 7 heterocycles. The van der Waals surface area contributed by atoms with Crippen molar-refractivity contribution >= 4 is 61.9 Å². The Bertz CT molecular complexity index is 2500. The van der Waals surface area contributed by atoms with E-state index in [2.05, 4.69) is 95.9 Å². The summed E-state index contributed by atoms with van der Waals surface area (Å²) >= 11 is 0. The van der Waals surface area contributed by atoms with Gasteiger partial charge in [-0.05, 0) is 42.0 Å². The van der Waals surface area contributed by atoms with Gasteiger partial charge in [0.05, 0.1) is 46.0 Å². The lowest BCUT2D eigenvalue weighted by Crippen LogP contribution is -2.48. The van der Waals surface area contributed by atoms with Crippen LogP contribution in [0.5, 0.6) is 0 Å². The third-order valence-electron chi connectivity index (χ3n) is 10.5. The molecule has 0 atom stereocenters. The summed E-state index contributed by atoms with van der Waals surface area (Å²) in [6.07, 6.45) is 3.66. The molecule has 0 amide bonds. The molecule has 55 heavy (non-hydrogen) atoms. The Balaban J connectivity index is 0.000000144. The van der Waals surface area contributed by atoms with E-state index < -0.39 is 0 Å². The molecule has 0 aliphatic carbocycles. The van der Waals surface area contributed by atoms with Gasteiger partial charge in [0.15, 0.2) is 11.6 Å². The fourth-order valence-electron chi connectivity index (χ4n) is 7.64. The van der Waals surface area contributed by atoms with Gasteiger partial charge >= 0.3 is 0 Å². The molecule has 4 aliphatic rings. The molecule has 2 saturated heterocycles. The number of aliphatic imine (C=N–C) groups is 2. The molecule has 3 aromatic carbocycles. The summed E-state index contributed by atoms with van der Waals surface area (Å²) in [4.78, 5) is 47.0. The largest absolute Gasteiger partial charge is 0.369 e. The fraction of sp³-hybridized carbons (Fsp3) is 0.275. The molecule has 0 unspecified atom stereocenters. The minimum absolute atomic E-state index is 0.185. The van der Waals surface area contributed by atoms with Crippen LogP contribution in [0.4, 0.5) is 28.7 Å². The van der Waals surface area contributed by atoms with Crippen LogP contribution in [-0.2, 0) is 6.54 Å². The molecule has 10 rings (SSSR count). The second kappa shape index (κ2) is 15.2. The molecule has 0 radical (unpaired) electrons. The summed E-state index contributed by atoms with van der Waals surface area (Å²) in [5.74, 6) is 2.88. The highest BCUT2D eigenvalue weighted by atomic mass is 16.1. The van der Waals surface area contributed by atoms with E-state index in [1.807, 2.05) is 48.8 Å². The lowest BCUT2D eigenvalue weighted by Gasteiger charge is -2.36. The number of benzene rings is 3. The minimum Gasteiger partial charge on any atom is -0.369 e. The van der Waals surface area contributed by atoms with Crippen molar-refractivity contribution in [2.75, 3.05) is 81.0 Å². The van der Waals surface area contributed by atoms with Gasteiger partial charge in [0.2, 0.25) is 0 Å². The van der Waals surface area contributed by atoms with Crippen molar-refractivity contribution < 1.29 is 0 Å². The molecule has 15 nitrogen and oxygen atoms in total. The molecule has 0 saturated carbocycles. The van der Waals surface area contributed by atoms with Gasteiger partial charge in [0, 0.05) is 77.0 Å². The van der Waals surface area contributed by atoms with Gasteiger partial charge in [-0.1, -0.05) is 42.5 Å². The maximum atomic E-state index is 12.0. The number of hydrogen-bond donors (Lipinski definition) is 4. The number of aromatic nitrogens is 5. The summed E-state index contributed by atoms with van der Waals surface area (Å²) in [7, 11) is 0. The van der Waals surface area contributed by atoms with E-state index in [9.17, 15) is 9.59 Å². The quantitative estimate of drug-likeness (QED) is 0.189. The predicted octanol–water partition coefficient (Wildman–Crippen LogP) is 3.79. The van der Waals surface area contributed by atoms with Gasteiger partial charge in [-0.15, -0.1) is 0 Å². The molecule has 6 aromatic rings. The van der Waals surface area contributed by atoms with Crippen LogP contribution in [0.1, 0.15) is 5.56 Å². The lowest BCUT2D eigenvalue weighted by atomic mass is 10.1. The monoisotopic (exact) mass is 735 g/mol. The van der Waals surface area contributed by atoms with Gasteiger partial charge in [-0.2, -0.15) is 10.2 Å². The Morgan fingerprint density at radius 2 is 1.02 bits per heavy atom. The highest BCUT2D eigenvalue weighted by Crippen LogP contribution is 2.33. The molecule has 15 heteroatoms. The number of anilines is 3. The summed E-state index contributed by atoms with van der Waals surface area (Å²) in [6.45, 7) is 10.4. The van der Waals surface area contributed by atoms with Crippen molar-refractivity contribution in [3.63, 3.8) is 0 Å². The average molecular weight is 736 g/mol. The first kappa shape index (κ1) is 34.5. The highest BCUT2D eigenvalue weighted by Gasteiger charge is 2.24. The first-order chi connectivity index (χ1) is 27.0. The van der Waals surface area contributed by atoms with Crippen molar-refractivity contribution in [3.8, 4) is 0 Å². The third-order valence-corrected chi connectivity index (χ3v) is 10.5. The van der Waals surface area contributed by atoms with Crippen LogP contribution in [-0.4, -0.2) is 117 Å². The van der Waals surface area contributed by atoms with Gasteiger partial charge in [-0.25, -0.2) is 20.2 Å². The number of nitrogens with zero attached hydrogens (tertiary/aromatic N) is 9. The zero-order valence-electron chi connectivity index (χ0n) is 30.3. The molecule has 2 fully saturated rings. The summed E-state index contributed by atoms with van der Waals surface area (Å²) in [5.41, 5.74) is 3.99. The van der Waals surface area contributed by atoms with Crippen LogP contribution in [0.15, 0.2) is 111 Å². The Morgan fingerprint density at radius 1 is 0.527 bits per heavy atom. The van der Waals surface area contributed by atoms with E-state index in [0.29, 0.717) is 22.4 Å². The smallest absolute Gasteiger partial charge is 0.272 e. The Morgan fingerprint density at radius 3 is 1.55 bits per heavy atom. The van der Waals surface area contributed by atoms with Crippen LogP contribution >= 0.6 is 0 Å². The molecule has 4 N–H and O–H groups in total. The predicted molar refractivity (Wildman–Crippen MR) is 217 cm³/mol. The SMILES string of the molecule is O=c1[nH]nc2c3c(cccc13)NC(CN1CCN(Cc3ccccc3)CC1)=N2.O=c1[nH]nc2c3c(cccc13)NC(CN1CCN(c3ccncc3)CC1)=N2. The van der Waals surface area contributed by atoms with E-state index in [-0.39, 0.29) is 11.1 Å². The first-order valence-corrected chi connectivity index (χ1v) is 18.6. The zero-order valence-corrected chi connectivity index (χ0v) is 30.3. The summed E-state index contributed by atoms with van der Waals surface area (Å²) in [6, 6.07) is 26.0. The van der Waals surface area contributed by atoms with Crippen LogP contribution in [0.2, 0.25) is 0 Å². The van der Waals surface area contributed by atoms with E-state index in [4.69, 9.17) is 0 Å². The number of pyridine rings is 1. The van der Waals surface area contributed by atoms with Gasteiger partial charge in [0.25, 0.3) is 11.1 Å². The van der Waals surface area contributed by atoms with Crippen LogP contribution in [0, 0.1) is 0 Å². The summed E-state index contributed by atoms with van der Waals surface area (Å²) in [5, 5.41) is 22.9. The number of piperazine rings is 2. The molecule has 0 spiro atoms. The van der Waals surface area contributed by atoms with Crippen molar-refractivity contribution in [3.05, 3.63) is 118 Å². The number of nitrogens with one attached hydrogen (secondary N) is 4. The lowest BCUT2D eigenvalue weighted by molar-refractivity contribution is 0.140. The van der Waals surface area contributed by atoms with Crippen molar-refractivity contribution in [2.24, 2.45) is 9.98 Å². The standard InChI is InChI=1S/C21H22N6O.C19H19N7O/c28-21-16-7-4-8-17-19(16)20(24-25-21)23-18(22-17)14-27-11-9-26(10-12-27)13-15-5-2-1-3-6-15;27-19-14-2-1-3-15-17(14)18(23-24-19)22-16(21-15)12-25-8-10-26(11-9-25)13-4-6-20-7-5-13/h1-8H,9-14H2,(H,25,28)(H,22,23,24);1-7H,8-12H2,(H,24,27)(H,21,22,23). The molecule has 278 valence electrons. The maximum Gasteiger partial charge on any atom is 0.272 e. The summed E-state index contributed by atoms with van der Waals surface area (Å²) < 4.78 is 0. The second-order valence-corrected chi connectivity index (χ2v) is 14.1. The molecular formula is C40H41N13O2. The van der Waals surface area contributed by atoms with Crippen LogP contribution in [0.3, 0.4) is 0 Å². The molecule has 3 aromatic heterocycles. The number of rotatable bonds is 7. The number of aromatic amines is 2. The van der Waals surface area contributed by atoms with Crippen molar-refractivity contribution in [1.29, 1.82) is 0 Å². The first-order valence-electron chi connectivity index (χ1n) is 18.6. The van der Waals surface area contributed by atoms with Gasteiger partial charge in [-0.3, -0.25) is 29.3 Å². The average Bonchev–Trinajstić information content (AvgIpc) is 3.22. The molecule has 0 bridgehead atoms. The van der Waals surface area contributed by atoms with Crippen LogP contribution in [0.25, 0.3) is 21.5 Å². The normalized spacial score (nSPS) is 17.1. The Hall–Kier alpha value is -6.29. The molecule has 4 aliphatic heterocycles. The number of amidine groups is 2. The number of H-pyrrole nitrogens is 2. The van der Waals surface area contributed by atoms with Crippen molar-refractivity contribution in [2.45, 2.75) is 6.54 Å². The van der Waals surface area contributed by atoms with E-state index in [1.165, 1.54) is 11.3 Å². The van der Waals surface area contributed by atoms with E-state index in [1.54, 1.807) is 12.1 Å². The second-order valence-electron chi connectivity index (χ2n) is 14.1. The zero-order chi connectivity index (χ0) is 37.1. The van der Waals surface area contributed by atoms with E-state index in [0.717, 1.165) is 106 Å². The highest BCUT2D eigenvalue weighted by molar-refractivity contribution is 6.13. The molecular weight excluding hydrogens is 695 g/mol. The van der Waals surface area contributed by atoms with Gasteiger partial charge < -0.3 is 15.5 Å². The Labute approximate surface area is 316 Å². The van der Waals surface area contributed by atoms with Crippen molar-refractivity contribution in [1.82, 2.24) is 40.1 Å². The minimum atomic E-state index is -0.191. The Kier molecular flexibility index (Phi) is 9.54. The van der Waals surface area contributed by atoms with Gasteiger partial charge in [0.1, 0.15) is 11.7 Å². The van der Waals surface area contributed by atoms with Crippen LogP contribution < -0.4 is 26.7 Å². The third kappa shape index (κ3) is 7.45. The number of hydrogen-bond acceptors (Lipinski definition) is 13. The van der Waals surface area contributed by atoms with E-state index >= 15 is 0 Å². The fourth-order valence-corrected chi connectivity index (χ4v) is 7.64. The maximum absolute atomic E-state index is 12.0. The topological polar surface area (TPSA) is 166 Å².